The Kier molecular flexibility index (Phi) is 27.2. The van der Waals surface area contributed by atoms with Crippen molar-refractivity contribution in [3.63, 3.8) is 0 Å². The molecule has 0 spiro atoms. The lowest BCUT2D eigenvalue weighted by atomic mass is 10.0. The number of unbranched alkanes of at least 4 members (excludes halogenated alkanes) is 17. The second-order valence-corrected chi connectivity index (χ2v) is 10.6. The van der Waals surface area contributed by atoms with Gasteiger partial charge < -0.3 is 9.84 Å². The quantitative estimate of drug-likeness (QED) is 0.0648. The summed E-state index contributed by atoms with van der Waals surface area (Å²) in [5.41, 5.74) is 0. The van der Waals surface area contributed by atoms with Gasteiger partial charge in [0.25, 0.3) is 0 Å². The third-order valence-corrected chi connectivity index (χ3v) is 6.99. The molecule has 1 unspecified atom stereocenters. The van der Waals surface area contributed by atoms with Crippen LogP contribution in [0.25, 0.3) is 0 Å². The number of carbonyl (C=O) groups is 2. The molecule has 0 heterocycles. The number of aliphatic carboxylic acids is 1. The zero-order valence-electron chi connectivity index (χ0n) is 24.1. The third kappa shape index (κ3) is 27.3. The van der Waals surface area contributed by atoms with Crippen LogP contribution in [0.15, 0.2) is 12.2 Å². The first-order chi connectivity index (χ1) is 17.6. The molecule has 0 aromatic heterocycles. The number of carboxylic acid groups (broad SMARTS) is 1. The van der Waals surface area contributed by atoms with Crippen molar-refractivity contribution in [3.05, 3.63) is 12.2 Å². The van der Waals surface area contributed by atoms with E-state index in [1.165, 1.54) is 103 Å². The maximum Gasteiger partial charge on any atom is 0.306 e. The normalized spacial score (nSPS) is 12.3. The van der Waals surface area contributed by atoms with Gasteiger partial charge in [0.15, 0.2) is 0 Å². The van der Waals surface area contributed by atoms with Crippen LogP contribution >= 0.6 is 0 Å². The summed E-state index contributed by atoms with van der Waals surface area (Å²) >= 11 is 0. The number of esters is 1. The molecule has 1 N–H and O–H groups in total. The molecule has 4 nitrogen and oxygen atoms in total. The van der Waals surface area contributed by atoms with Gasteiger partial charge in [0.05, 0.1) is 0 Å². The molecule has 4 heteroatoms. The topological polar surface area (TPSA) is 63.6 Å². The molecular weight excluding hydrogens is 448 g/mol. The van der Waals surface area contributed by atoms with Crippen molar-refractivity contribution in [2.75, 3.05) is 0 Å². The molecule has 36 heavy (non-hydrogen) atoms. The Morgan fingerprint density at radius 1 is 0.583 bits per heavy atom. The second-order valence-electron chi connectivity index (χ2n) is 10.6. The van der Waals surface area contributed by atoms with Crippen LogP contribution in [0.1, 0.15) is 174 Å². The van der Waals surface area contributed by atoms with E-state index in [-0.39, 0.29) is 18.5 Å². The van der Waals surface area contributed by atoms with Crippen molar-refractivity contribution in [1.82, 2.24) is 0 Å². The van der Waals surface area contributed by atoms with Gasteiger partial charge in [-0.2, -0.15) is 0 Å². The SMILES string of the molecule is CCCCCC/C=C\CCCCCCCC(=O)OC(CCCCCCCCCC)CCCCC(=O)O. The fourth-order valence-corrected chi connectivity index (χ4v) is 4.65. The van der Waals surface area contributed by atoms with E-state index in [1.807, 2.05) is 0 Å². The Morgan fingerprint density at radius 3 is 1.56 bits per heavy atom. The van der Waals surface area contributed by atoms with Crippen LogP contribution in [0.2, 0.25) is 0 Å². The van der Waals surface area contributed by atoms with E-state index in [0.29, 0.717) is 12.8 Å². The molecule has 0 aromatic carbocycles. The average Bonchev–Trinajstić information content (AvgIpc) is 2.85. The van der Waals surface area contributed by atoms with Crippen molar-refractivity contribution in [3.8, 4) is 0 Å². The van der Waals surface area contributed by atoms with Gasteiger partial charge in [0.1, 0.15) is 6.10 Å². The molecule has 0 aliphatic carbocycles. The molecule has 0 saturated heterocycles. The summed E-state index contributed by atoms with van der Waals surface area (Å²) in [6, 6.07) is 0. The van der Waals surface area contributed by atoms with Crippen molar-refractivity contribution in [1.29, 1.82) is 0 Å². The van der Waals surface area contributed by atoms with Gasteiger partial charge in [-0.3, -0.25) is 9.59 Å². The van der Waals surface area contributed by atoms with Gasteiger partial charge >= 0.3 is 11.9 Å². The lowest BCUT2D eigenvalue weighted by Gasteiger charge is -2.18. The predicted molar refractivity (Wildman–Crippen MR) is 153 cm³/mol. The van der Waals surface area contributed by atoms with E-state index in [0.717, 1.165) is 38.5 Å². The molecule has 212 valence electrons. The standard InChI is InChI=1S/C32H60O4/c1-3-5-7-9-11-13-14-15-16-17-19-21-23-29-32(35)36-30(27-24-25-28-31(33)34)26-22-20-18-12-10-8-6-4-2/h13-14,30H,3-12,15-29H2,1-2H3,(H,33,34)/b14-13-. The molecule has 1 atom stereocenters. The highest BCUT2D eigenvalue weighted by atomic mass is 16.5. The molecule has 0 rings (SSSR count). The van der Waals surface area contributed by atoms with Crippen LogP contribution in [0.5, 0.6) is 0 Å². The molecule has 0 saturated carbocycles. The first-order valence-electron chi connectivity index (χ1n) is 15.7. The van der Waals surface area contributed by atoms with Gasteiger partial charge in [-0.1, -0.05) is 109 Å². The summed E-state index contributed by atoms with van der Waals surface area (Å²) in [6.45, 7) is 4.50. The van der Waals surface area contributed by atoms with E-state index < -0.39 is 5.97 Å². The molecular formula is C32H60O4. The fourth-order valence-electron chi connectivity index (χ4n) is 4.65. The van der Waals surface area contributed by atoms with Crippen molar-refractivity contribution in [2.24, 2.45) is 0 Å². The number of hydrogen-bond acceptors (Lipinski definition) is 3. The van der Waals surface area contributed by atoms with Crippen molar-refractivity contribution >= 4 is 11.9 Å². The molecule has 0 aliphatic heterocycles. The molecule has 0 fully saturated rings. The summed E-state index contributed by atoms with van der Waals surface area (Å²) in [5.74, 6) is -0.811. The minimum Gasteiger partial charge on any atom is -0.481 e. The van der Waals surface area contributed by atoms with E-state index in [1.54, 1.807) is 0 Å². The van der Waals surface area contributed by atoms with Gasteiger partial charge in [-0.25, -0.2) is 0 Å². The van der Waals surface area contributed by atoms with Crippen LogP contribution < -0.4 is 0 Å². The zero-order chi connectivity index (χ0) is 26.5. The highest BCUT2D eigenvalue weighted by Crippen LogP contribution is 2.18. The highest BCUT2D eigenvalue weighted by Gasteiger charge is 2.14. The van der Waals surface area contributed by atoms with Crippen LogP contribution in [0.4, 0.5) is 0 Å². The van der Waals surface area contributed by atoms with Crippen LogP contribution in [0, 0.1) is 0 Å². The largest absolute Gasteiger partial charge is 0.481 e. The van der Waals surface area contributed by atoms with E-state index >= 15 is 0 Å². The fraction of sp³-hybridized carbons (Fsp3) is 0.875. The third-order valence-electron chi connectivity index (χ3n) is 6.99. The zero-order valence-corrected chi connectivity index (χ0v) is 24.1. The van der Waals surface area contributed by atoms with Gasteiger partial charge in [-0.05, 0) is 64.2 Å². The van der Waals surface area contributed by atoms with Crippen LogP contribution in [-0.4, -0.2) is 23.1 Å². The summed E-state index contributed by atoms with van der Waals surface area (Å²) in [6.07, 6.45) is 32.1. The lowest BCUT2D eigenvalue weighted by Crippen LogP contribution is -2.18. The second kappa shape index (κ2) is 28.3. The Bertz CT molecular complexity index is 514. The molecule has 0 bridgehead atoms. The molecule has 0 aromatic rings. The Labute approximate surface area is 224 Å². The number of ether oxygens (including phenoxy) is 1. The minimum atomic E-state index is -0.745. The number of hydrogen-bond donors (Lipinski definition) is 1. The monoisotopic (exact) mass is 508 g/mol. The van der Waals surface area contributed by atoms with Crippen molar-refractivity contribution in [2.45, 2.75) is 180 Å². The minimum absolute atomic E-state index is 0.0415. The van der Waals surface area contributed by atoms with Gasteiger partial charge in [0, 0.05) is 12.8 Å². The van der Waals surface area contributed by atoms with Gasteiger partial charge in [-0.15, -0.1) is 0 Å². The number of allylic oxidation sites excluding steroid dienone is 2. The van der Waals surface area contributed by atoms with E-state index in [2.05, 4.69) is 26.0 Å². The summed E-state index contributed by atoms with van der Waals surface area (Å²) < 4.78 is 5.83. The van der Waals surface area contributed by atoms with Crippen LogP contribution in [-0.2, 0) is 14.3 Å². The smallest absolute Gasteiger partial charge is 0.306 e. The first-order valence-corrected chi connectivity index (χ1v) is 15.7. The molecule has 0 radical (unpaired) electrons. The number of carboxylic acids is 1. The van der Waals surface area contributed by atoms with E-state index in [4.69, 9.17) is 9.84 Å². The maximum atomic E-state index is 12.4. The Morgan fingerprint density at radius 2 is 1.00 bits per heavy atom. The predicted octanol–water partition coefficient (Wildman–Crippen LogP) is 10.3. The van der Waals surface area contributed by atoms with E-state index in [9.17, 15) is 9.59 Å². The lowest BCUT2D eigenvalue weighted by molar-refractivity contribution is -0.150. The first kappa shape index (κ1) is 34.7. The summed E-state index contributed by atoms with van der Waals surface area (Å²) in [5, 5.41) is 8.86. The number of carbonyl (C=O) groups excluding carboxylic acids is 1. The van der Waals surface area contributed by atoms with Gasteiger partial charge in [0.2, 0.25) is 0 Å². The van der Waals surface area contributed by atoms with Crippen molar-refractivity contribution < 1.29 is 19.4 Å². The molecule has 0 amide bonds. The van der Waals surface area contributed by atoms with Crippen LogP contribution in [0.3, 0.4) is 0 Å². The average molecular weight is 509 g/mol. The Balaban J connectivity index is 3.92. The molecule has 0 aliphatic rings. The maximum absolute atomic E-state index is 12.4. The summed E-state index contributed by atoms with van der Waals surface area (Å²) in [7, 11) is 0. The number of rotatable bonds is 28. The highest BCUT2D eigenvalue weighted by molar-refractivity contribution is 5.69. The Hall–Kier alpha value is -1.32. The summed E-state index contributed by atoms with van der Waals surface area (Å²) in [4.78, 5) is 23.2.